The summed E-state index contributed by atoms with van der Waals surface area (Å²) in [6.07, 6.45) is -2.01. The molecule has 0 aliphatic carbocycles. The van der Waals surface area contributed by atoms with Crippen molar-refractivity contribution < 1.29 is 13.6 Å². The number of alkyl halides is 2. The molecule has 1 aromatic carbocycles. The average Bonchev–Trinajstić information content (AvgIpc) is 2.15. The van der Waals surface area contributed by atoms with E-state index >= 15 is 0 Å². The van der Waals surface area contributed by atoms with Crippen LogP contribution in [0.1, 0.15) is 17.6 Å². The minimum atomic E-state index is -2.50. The van der Waals surface area contributed by atoms with Gasteiger partial charge < -0.3 is 5.32 Å². The normalized spacial score (nSPS) is 10.1. The smallest absolute Gasteiger partial charge is 0.264 e. The van der Waals surface area contributed by atoms with E-state index in [1.165, 1.54) is 6.07 Å². The van der Waals surface area contributed by atoms with E-state index in [-0.39, 0.29) is 12.1 Å². The summed E-state index contributed by atoms with van der Waals surface area (Å²) in [5, 5.41) is 2.35. The first-order valence-corrected chi connectivity index (χ1v) is 3.78. The maximum atomic E-state index is 12.3. The number of nitrogens with one attached hydrogen (secondary N) is 1. The maximum absolute atomic E-state index is 12.3. The van der Waals surface area contributed by atoms with Gasteiger partial charge in [-0.15, -0.1) is 0 Å². The Hall–Kier alpha value is -1.45. The molecule has 0 fully saturated rings. The standard InChI is InChI=1S/C9H9F2NO/c10-9(11)8-4-2-1-3-7(8)5-12-6-13/h1-4,6,9H,5H2,(H,12,13). The van der Waals surface area contributed by atoms with Gasteiger partial charge in [0.05, 0.1) is 0 Å². The van der Waals surface area contributed by atoms with Gasteiger partial charge in [-0.25, -0.2) is 8.78 Å². The molecule has 0 aromatic heterocycles. The monoisotopic (exact) mass is 185 g/mol. The second-order valence-corrected chi connectivity index (χ2v) is 2.50. The van der Waals surface area contributed by atoms with E-state index in [0.717, 1.165) is 0 Å². The first-order chi connectivity index (χ1) is 6.25. The van der Waals surface area contributed by atoms with Crippen molar-refractivity contribution in [1.29, 1.82) is 0 Å². The molecule has 4 heteroatoms. The van der Waals surface area contributed by atoms with E-state index in [1.807, 2.05) is 0 Å². The Bertz CT molecular complexity index is 289. The summed E-state index contributed by atoms with van der Waals surface area (Å²) in [7, 11) is 0. The Morgan fingerprint density at radius 2 is 2.08 bits per heavy atom. The van der Waals surface area contributed by atoms with Crippen molar-refractivity contribution in [2.75, 3.05) is 0 Å². The molecule has 0 heterocycles. The fourth-order valence-corrected chi connectivity index (χ4v) is 1.06. The lowest BCUT2D eigenvalue weighted by molar-refractivity contribution is -0.109. The number of hydrogen-bond acceptors (Lipinski definition) is 1. The van der Waals surface area contributed by atoms with Gasteiger partial charge in [-0.1, -0.05) is 24.3 Å². The zero-order valence-electron chi connectivity index (χ0n) is 6.84. The van der Waals surface area contributed by atoms with Crippen LogP contribution in [0.3, 0.4) is 0 Å². The molecule has 0 aliphatic heterocycles. The van der Waals surface area contributed by atoms with Crippen LogP contribution in [0.5, 0.6) is 0 Å². The van der Waals surface area contributed by atoms with Crippen LogP contribution in [0.15, 0.2) is 24.3 Å². The summed E-state index contributed by atoms with van der Waals surface area (Å²) in [4.78, 5) is 9.96. The second kappa shape index (κ2) is 4.54. The maximum Gasteiger partial charge on any atom is 0.264 e. The quantitative estimate of drug-likeness (QED) is 0.713. The number of hydrogen-bond donors (Lipinski definition) is 1. The molecule has 0 atom stereocenters. The predicted molar refractivity (Wildman–Crippen MR) is 44.3 cm³/mol. The third-order valence-electron chi connectivity index (χ3n) is 1.67. The summed E-state index contributed by atoms with van der Waals surface area (Å²) in [6.45, 7) is 0.143. The predicted octanol–water partition coefficient (Wildman–Crippen LogP) is 1.87. The molecule has 1 amide bonds. The third-order valence-corrected chi connectivity index (χ3v) is 1.67. The topological polar surface area (TPSA) is 29.1 Å². The molecule has 1 N–H and O–H groups in total. The van der Waals surface area contributed by atoms with Crippen molar-refractivity contribution in [3.05, 3.63) is 35.4 Å². The van der Waals surface area contributed by atoms with Crippen LogP contribution in [0, 0.1) is 0 Å². The summed E-state index contributed by atoms with van der Waals surface area (Å²) < 4.78 is 24.7. The van der Waals surface area contributed by atoms with E-state index in [9.17, 15) is 13.6 Å². The third kappa shape index (κ3) is 2.50. The fourth-order valence-electron chi connectivity index (χ4n) is 1.06. The Morgan fingerprint density at radius 3 is 2.69 bits per heavy atom. The summed E-state index contributed by atoms with van der Waals surface area (Å²) in [5.41, 5.74) is 0.418. The van der Waals surface area contributed by atoms with Gasteiger partial charge in [0.2, 0.25) is 6.41 Å². The molecule has 1 rings (SSSR count). The summed E-state index contributed by atoms with van der Waals surface area (Å²) in [6, 6.07) is 6.13. The Labute approximate surface area is 74.6 Å². The van der Waals surface area contributed by atoms with Crippen molar-refractivity contribution >= 4 is 6.41 Å². The molecular weight excluding hydrogens is 176 g/mol. The highest BCUT2D eigenvalue weighted by Gasteiger charge is 2.10. The van der Waals surface area contributed by atoms with Crippen LogP contribution < -0.4 is 5.32 Å². The molecule has 0 aliphatic rings. The fraction of sp³-hybridized carbons (Fsp3) is 0.222. The zero-order valence-corrected chi connectivity index (χ0v) is 6.84. The molecule has 0 bridgehead atoms. The Balaban J connectivity index is 2.84. The van der Waals surface area contributed by atoms with Crippen LogP contribution >= 0.6 is 0 Å². The second-order valence-electron chi connectivity index (χ2n) is 2.50. The molecule has 2 nitrogen and oxygen atoms in total. The highest BCUT2D eigenvalue weighted by atomic mass is 19.3. The Morgan fingerprint density at radius 1 is 1.38 bits per heavy atom. The van der Waals surface area contributed by atoms with Crippen LogP contribution in [0.25, 0.3) is 0 Å². The van der Waals surface area contributed by atoms with Crippen LogP contribution in [-0.4, -0.2) is 6.41 Å². The van der Waals surface area contributed by atoms with E-state index in [2.05, 4.69) is 5.32 Å². The number of carbonyl (C=O) groups excluding carboxylic acids is 1. The first-order valence-electron chi connectivity index (χ1n) is 3.78. The lowest BCUT2D eigenvalue weighted by Crippen LogP contribution is -2.11. The number of amides is 1. The molecule has 0 radical (unpaired) electrons. The van der Waals surface area contributed by atoms with Gasteiger partial charge in [0.15, 0.2) is 0 Å². The molecule has 0 saturated carbocycles. The van der Waals surface area contributed by atoms with Gasteiger partial charge in [0, 0.05) is 12.1 Å². The van der Waals surface area contributed by atoms with Gasteiger partial charge in [-0.3, -0.25) is 4.79 Å². The lowest BCUT2D eigenvalue weighted by Gasteiger charge is -2.06. The number of rotatable bonds is 4. The van der Waals surface area contributed by atoms with Crippen molar-refractivity contribution in [3.63, 3.8) is 0 Å². The van der Waals surface area contributed by atoms with Gasteiger partial charge in [-0.2, -0.15) is 0 Å². The first kappa shape index (κ1) is 9.64. The minimum Gasteiger partial charge on any atom is -0.355 e. The number of benzene rings is 1. The van der Waals surface area contributed by atoms with Crippen LogP contribution in [0.4, 0.5) is 8.78 Å². The van der Waals surface area contributed by atoms with Crippen molar-refractivity contribution in [1.82, 2.24) is 5.32 Å². The largest absolute Gasteiger partial charge is 0.355 e. The summed E-state index contributed by atoms with van der Waals surface area (Å²) in [5.74, 6) is 0. The van der Waals surface area contributed by atoms with E-state index in [4.69, 9.17) is 0 Å². The van der Waals surface area contributed by atoms with Gasteiger partial charge in [0.25, 0.3) is 6.43 Å². The molecule has 1 aromatic rings. The Kier molecular flexibility index (Phi) is 3.37. The number of carbonyl (C=O) groups is 1. The minimum absolute atomic E-state index is 0.0307. The van der Waals surface area contributed by atoms with Crippen molar-refractivity contribution in [3.8, 4) is 0 Å². The number of halogens is 2. The highest BCUT2D eigenvalue weighted by Crippen LogP contribution is 2.22. The summed E-state index contributed by atoms with van der Waals surface area (Å²) >= 11 is 0. The van der Waals surface area contributed by atoms with Crippen molar-refractivity contribution in [2.45, 2.75) is 13.0 Å². The van der Waals surface area contributed by atoms with Gasteiger partial charge in [-0.05, 0) is 5.56 Å². The average molecular weight is 185 g/mol. The highest BCUT2D eigenvalue weighted by molar-refractivity contribution is 5.46. The van der Waals surface area contributed by atoms with Crippen molar-refractivity contribution in [2.24, 2.45) is 0 Å². The van der Waals surface area contributed by atoms with E-state index in [0.29, 0.717) is 12.0 Å². The van der Waals surface area contributed by atoms with Crippen LogP contribution in [0.2, 0.25) is 0 Å². The molecule has 70 valence electrons. The molecule has 0 saturated heterocycles. The molecular formula is C9H9F2NO. The van der Waals surface area contributed by atoms with Crippen LogP contribution in [-0.2, 0) is 11.3 Å². The van der Waals surface area contributed by atoms with Gasteiger partial charge in [0.1, 0.15) is 0 Å². The lowest BCUT2D eigenvalue weighted by atomic mass is 10.1. The SMILES string of the molecule is O=CNCc1ccccc1C(F)F. The molecule has 0 spiro atoms. The molecule has 0 unspecified atom stereocenters. The zero-order chi connectivity index (χ0) is 9.68. The van der Waals surface area contributed by atoms with Gasteiger partial charge >= 0.3 is 0 Å². The van der Waals surface area contributed by atoms with E-state index in [1.54, 1.807) is 18.2 Å². The molecule has 13 heavy (non-hydrogen) atoms. The van der Waals surface area contributed by atoms with E-state index < -0.39 is 6.43 Å².